The van der Waals surface area contributed by atoms with Gasteiger partial charge in [-0.1, -0.05) is 46.3 Å². The lowest BCUT2D eigenvalue weighted by Gasteiger charge is -2.10. The zero-order chi connectivity index (χ0) is 19.5. The molecular formula is C20H13BrN4O3. The van der Waals surface area contributed by atoms with Gasteiger partial charge in [0.1, 0.15) is 12.1 Å². The topological polar surface area (TPSA) is 90.2 Å². The van der Waals surface area contributed by atoms with Gasteiger partial charge in [0.2, 0.25) is 5.82 Å². The Hall–Kier alpha value is -3.52. The first-order valence-electron chi connectivity index (χ1n) is 8.29. The van der Waals surface area contributed by atoms with E-state index < -0.39 is 4.92 Å². The van der Waals surface area contributed by atoms with Gasteiger partial charge in [-0.2, -0.15) is 4.98 Å². The quantitative estimate of drug-likeness (QED) is 0.312. The highest BCUT2D eigenvalue weighted by atomic mass is 79.9. The van der Waals surface area contributed by atoms with Gasteiger partial charge in [0.25, 0.3) is 0 Å². The molecule has 0 aliphatic heterocycles. The Morgan fingerprint density at radius 2 is 1.71 bits per heavy atom. The number of hydrogen-bond donors (Lipinski definition) is 1. The minimum Gasteiger partial charge on any atom is -0.434 e. The second-order valence-corrected chi connectivity index (χ2v) is 6.79. The fourth-order valence-electron chi connectivity index (χ4n) is 2.71. The van der Waals surface area contributed by atoms with Crippen LogP contribution in [-0.2, 0) is 0 Å². The van der Waals surface area contributed by atoms with Crippen LogP contribution in [0, 0.1) is 10.1 Å². The van der Waals surface area contributed by atoms with Crippen LogP contribution in [0.5, 0.6) is 11.6 Å². The van der Waals surface area contributed by atoms with Crippen molar-refractivity contribution in [2.75, 3.05) is 5.32 Å². The first-order chi connectivity index (χ1) is 13.6. The molecule has 0 amide bonds. The maximum absolute atomic E-state index is 11.7. The summed E-state index contributed by atoms with van der Waals surface area (Å²) in [4.78, 5) is 19.1. The lowest BCUT2D eigenvalue weighted by molar-refractivity contribution is -0.385. The predicted molar refractivity (Wildman–Crippen MR) is 110 cm³/mol. The highest BCUT2D eigenvalue weighted by molar-refractivity contribution is 9.10. The van der Waals surface area contributed by atoms with Crippen LogP contribution in [0.1, 0.15) is 0 Å². The Bertz CT molecular complexity index is 1170. The van der Waals surface area contributed by atoms with Crippen LogP contribution in [-0.4, -0.2) is 14.9 Å². The lowest BCUT2D eigenvalue weighted by atomic mass is 10.1. The Labute approximate surface area is 168 Å². The second-order valence-electron chi connectivity index (χ2n) is 5.88. The molecule has 4 rings (SSSR count). The SMILES string of the molecule is O=[N+]([O-])c1c(Nc2ccc(Br)cc2)ncnc1Oc1ccc2ccccc2c1. The first kappa shape index (κ1) is 17.9. The summed E-state index contributed by atoms with van der Waals surface area (Å²) >= 11 is 3.35. The van der Waals surface area contributed by atoms with Crippen molar-refractivity contribution in [1.29, 1.82) is 0 Å². The van der Waals surface area contributed by atoms with Crippen LogP contribution < -0.4 is 10.1 Å². The molecule has 0 spiro atoms. The third-order valence-corrected chi connectivity index (χ3v) is 4.54. The number of halogens is 1. The molecule has 0 bridgehead atoms. The minimum absolute atomic E-state index is 0.0538. The van der Waals surface area contributed by atoms with E-state index in [1.165, 1.54) is 6.33 Å². The summed E-state index contributed by atoms with van der Waals surface area (Å²) in [5.41, 5.74) is 0.320. The van der Waals surface area contributed by atoms with Crippen molar-refractivity contribution in [3.8, 4) is 11.6 Å². The molecule has 0 saturated heterocycles. The van der Waals surface area contributed by atoms with Crippen molar-refractivity contribution < 1.29 is 9.66 Å². The van der Waals surface area contributed by atoms with Gasteiger partial charge in [0.15, 0.2) is 0 Å². The average Bonchev–Trinajstić information content (AvgIpc) is 2.69. The summed E-state index contributed by atoms with van der Waals surface area (Å²) in [6, 6.07) is 20.4. The van der Waals surface area contributed by atoms with E-state index in [4.69, 9.17) is 4.74 Å². The molecule has 8 heteroatoms. The predicted octanol–water partition coefficient (Wildman–Crippen LogP) is 5.84. The summed E-state index contributed by atoms with van der Waals surface area (Å²) in [6.07, 6.45) is 1.23. The van der Waals surface area contributed by atoms with Gasteiger partial charge in [-0.15, -0.1) is 0 Å². The highest BCUT2D eigenvalue weighted by Crippen LogP contribution is 2.36. The molecule has 0 radical (unpaired) electrons. The van der Waals surface area contributed by atoms with Gasteiger partial charge in [-0.25, -0.2) is 4.98 Å². The van der Waals surface area contributed by atoms with Crippen LogP contribution in [0.2, 0.25) is 0 Å². The number of rotatable bonds is 5. The number of hydrogen-bond acceptors (Lipinski definition) is 6. The number of nitrogens with one attached hydrogen (secondary N) is 1. The highest BCUT2D eigenvalue weighted by Gasteiger charge is 2.25. The molecule has 138 valence electrons. The molecule has 28 heavy (non-hydrogen) atoms. The zero-order valence-corrected chi connectivity index (χ0v) is 16.0. The van der Waals surface area contributed by atoms with Crippen LogP contribution in [0.4, 0.5) is 17.2 Å². The third-order valence-electron chi connectivity index (χ3n) is 4.01. The van der Waals surface area contributed by atoms with Crippen LogP contribution in [0.25, 0.3) is 10.8 Å². The molecular weight excluding hydrogens is 424 g/mol. The average molecular weight is 437 g/mol. The van der Waals surface area contributed by atoms with Gasteiger partial charge in [0.05, 0.1) is 4.92 Å². The van der Waals surface area contributed by atoms with E-state index in [1.807, 2.05) is 48.5 Å². The monoisotopic (exact) mass is 436 g/mol. The molecule has 1 heterocycles. The Balaban J connectivity index is 1.69. The van der Waals surface area contributed by atoms with Crippen molar-refractivity contribution in [3.63, 3.8) is 0 Å². The Morgan fingerprint density at radius 1 is 0.964 bits per heavy atom. The van der Waals surface area contributed by atoms with Crippen LogP contribution in [0.15, 0.2) is 77.5 Å². The summed E-state index contributed by atoms with van der Waals surface area (Å²) in [6.45, 7) is 0. The Kier molecular flexibility index (Phi) is 4.86. The molecule has 3 aromatic carbocycles. The number of nitrogens with zero attached hydrogens (tertiary/aromatic N) is 3. The zero-order valence-electron chi connectivity index (χ0n) is 14.4. The van der Waals surface area contributed by atoms with E-state index in [9.17, 15) is 10.1 Å². The minimum atomic E-state index is -0.558. The molecule has 0 fully saturated rings. The van der Waals surface area contributed by atoms with Gasteiger partial charge in [-0.05, 0) is 47.2 Å². The molecule has 7 nitrogen and oxygen atoms in total. The van der Waals surface area contributed by atoms with E-state index >= 15 is 0 Å². The molecule has 0 aliphatic carbocycles. The molecule has 0 aliphatic rings. The second kappa shape index (κ2) is 7.61. The fraction of sp³-hybridized carbons (Fsp3) is 0. The number of nitro groups is 1. The lowest BCUT2D eigenvalue weighted by Crippen LogP contribution is -2.03. The number of anilines is 2. The van der Waals surface area contributed by atoms with E-state index in [0.29, 0.717) is 11.4 Å². The van der Waals surface area contributed by atoms with Gasteiger partial charge in [-0.3, -0.25) is 10.1 Å². The third kappa shape index (κ3) is 3.77. The first-order valence-corrected chi connectivity index (χ1v) is 9.08. The Morgan fingerprint density at radius 3 is 2.46 bits per heavy atom. The number of fused-ring (bicyclic) bond motifs is 1. The van der Waals surface area contributed by atoms with Crippen molar-refractivity contribution in [2.45, 2.75) is 0 Å². The normalized spacial score (nSPS) is 10.6. The molecule has 0 atom stereocenters. The van der Waals surface area contributed by atoms with Crippen molar-refractivity contribution in [1.82, 2.24) is 9.97 Å². The summed E-state index contributed by atoms with van der Waals surface area (Å²) in [7, 11) is 0. The number of ether oxygens (including phenoxy) is 1. The summed E-state index contributed by atoms with van der Waals surface area (Å²) in [5, 5.41) is 16.6. The van der Waals surface area contributed by atoms with Gasteiger partial charge >= 0.3 is 11.6 Å². The van der Waals surface area contributed by atoms with Crippen molar-refractivity contribution in [2.24, 2.45) is 0 Å². The van der Waals surface area contributed by atoms with Gasteiger partial charge in [0, 0.05) is 10.2 Å². The standard InChI is InChI=1S/C20H13BrN4O3/c21-15-6-8-16(9-7-15)24-19-18(25(26)27)20(23-12-22-19)28-17-10-5-13-3-1-2-4-14(13)11-17/h1-12H,(H,22,23,24). The van der Waals surface area contributed by atoms with E-state index in [0.717, 1.165) is 15.2 Å². The maximum Gasteiger partial charge on any atom is 0.373 e. The van der Waals surface area contributed by atoms with Gasteiger partial charge < -0.3 is 10.1 Å². The van der Waals surface area contributed by atoms with Crippen LogP contribution in [0.3, 0.4) is 0 Å². The molecule has 1 N–H and O–H groups in total. The van der Waals surface area contributed by atoms with Crippen molar-refractivity contribution >= 4 is 43.9 Å². The fourth-order valence-corrected chi connectivity index (χ4v) is 2.97. The largest absolute Gasteiger partial charge is 0.434 e. The smallest absolute Gasteiger partial charge is 0.373 e. The van der Waals surface area contributed by atoms with E-state index in [1.54, 1.807) is 18.2 Å². The molecule has 4 aromatic rings. The van der Waals surface area contributed by atoms with E-state index in [-0.39, 0.29) is 17.4 Å². The number of aromatic nitrogens is 2. The van der Waals surface area contributed by atoms with Crippen LogP contribution >= 0.6 is 15.9 Å². The molecule has 1 aromatic heterocycles. The molecule has 0 saturated carbocycles. The van der Waals surface area contributed by atoms with Crippen molar-refractivity contribution in [3.05, 3.63) is 87.6 Å². The molecule has 0 unspecified atom stereocenters. The summed E-state index contributed by atoms with van der Waals surface area (Å²) < 4.78 is 6.63. The van der Waals surface area contributed by atoms with E-state index in [2.05, 4.69) is 31.2 Å². The number of benzene rings is 3. The maximum atomic E-state index is 11.7. The summed E-state index contributed by atoms with van der Waals surface area (Å²) in [5.74, 6) is 0.378.